The van der Waals surface area contributed by atoms with Gasteiger partial charge >= 0.3 is 0 Å². The Kier molecular flexibility index (Phi) is 3.19. The van der Waals surface area contributed by atoms with Gasteiger partial charge in [0.1, 0.15) is 5.01 Å². The minimum Gasteiger partial charge on any atom is -0.346 e. The van der Waals surface area contributed by atoms with Gasteiger partial charge in [0, 0.05) is 18.5 Å². The highest BCUT2D eigenvalue weighted by Crippen LogP contribution is 2.31. The van der Waals surface area contributed by atoms with Crippen molar-refractivity contribution in [2.45, 2.75) is 46.0 Å². The van der Waals surface area contributed by atoms with Crippen molar-refractivity contribution in [3.8, 4) is 0 Å². The Morgan fingerprint density at radius 1 is 1.31 bits per heavy atom. The van der Waals surface area contributed by atoms with E-state index in [-0.39, 0.29) is 5.41 Å². The average Bonchev–Trinajstić information content (AvgIpc) is 2.65. The third-order valence-electron chi connectivity index (χ3n) is 2.98. The summed E-state index contributed by atoms with van der Waals surface area (Å²) in [7, 11) is 0. The Hall–Kier alpha value is -0.640. The molecular weight excluding hydrogens is 218 g/mol. The van der Waals surface area contributed by atoms with E-state index < -0.39 is 0 Å². The molecule has 1 unspecified atom stereocenters. The number of piperidine rings is 1. The van der Waals surface area contributed by atoms with Crippen molar-refractivity contribution in [3.63, 3.8) is 0 Å². The van der Waals surface area contributed by atoms with Gasteiger partial charge < -0.3 is 4.90 Å². The molecule has 0 amide bonds. The van der Waals surface area contributed by atoms with Crippen LogP contribution in [0.3, 0.4) is 0 Å². The molecule has 16 heavy (non-hydrogen) atoms. The summed E-state index contributed by atoms with van der Waals surface area (Å²) in [6.45, 7) is 11.2. The first-order valence-electron chi connectivity index (χ1n) is 6.06. The molecule has 0 aliphatic carbocycles. The van der Waals surface area contributed by atoms with Gasteiger partial charge in [-0.2, -0.15) is 0 Å². The van der Waals surface area contributed by atoms with E-state index in [4.69, 9.17) is 0 Å². The molecule has 0 spiro atoms. The topological polar surface area (TPSA) is 29.0 Å². The van der Waals surface area contributed by atoms with Gasteiger partial charge in [-0.15, -0.1) is 10.2 Å². The molecule has 1 fully saturated rings. The van der Waals surface area contributed by atoms with Crippen molar-refractivity contribution in [1.82, 2.24) is 10.2 Å². The maximum atomic E-state index is 4.34. The second kappa shape index (κ2) is 4.32. The summed E-state index contributed by atoms with van der Waals surface area (Å²) < 4.78 is 0. The van der Waals surface area contributed by atoms with Gasteiger partial charge in [-0.1, -0.05) is 39.0 Å². The molecule has 2 heterocycles. The van der Waals surface area contributed by atoms with Crippen molar-refractivity contribution < 1.29 is 0 Å². The van der Waals surface area contributed by atoms with Crippen LogP contribution >= 0.6 is 11.3 Å². The van der Waals surface area contributed by atoms with E-state index >= 15 is 0 Å². The van der Waals surface area contributed by atoms with Crippen LogP contribution in [-0.4, -0.2) is 23.3 Å². The SMILES string of the molecule is CC1CCCN(c2nnc(C(C)(C)C)s2)C1. The predicted octanol–water partition coefficient (Wildman–Crippen LogP) is 3.07. The highest BCUT2D eigenvalue weighted by atomic mass is 32.1. The second-order valence-corrected chi connectivity index (χ2v) is 6.79. The lowest BCUT2D eigenvalue weighted by atomic mass is 9.98. The van der Waals surface area contributed by atoms with E-state index in [1.165, 1.54) is 12.8 Å². The molecule has 0 radical (unpaired) electrons. The standard InChI is InChI=1S/C12H21N3S/c1-9-6-5-7-15(8-9)11-14-13-10(16-11)12(2,3)4/h9H,5-8H2,1-4H3. The Labute approximate surface area is 102 Å². The fourth-order valence-electron chi connectivity index (χ4n) is 2.01. The first kappa shape index (κ1) is 11.8. The van der Waals surface area contributed by atoms with Crippen molar-refractivity contribution in [2.24, 2.45) is 5.92 Å². The lowest BCUT2D eigenvalue weighted by molar-refractivity contribution is 0.446. The molecular formula is C12H21N3S. The zero-order valence-electron chi connectivity index (χ0n) is 10.7. The third-order valence-corrected chi connectivity index (χ3v) is 4.39. The van der Waals surface area contributed by atoms with Crippen molar-refractivity contribution in [2.75, 3.05) is 18.0 Å². The van der Waals surface area contributed by atoms with Crippen LogP contribution in [0.2, 0.25) is 0 Å². The fraction of sp³-hybridized carbons (Fsp3) is 0.833. The Morgan fingerprint density at radius 3 is 2.62 bits per heavy atom. The van der Waals surface area contributed by atoms with E-state index in [0.29, 0.717) is 0 Å². The predicted molar refractivity (Wildman–Crippen MR) is 69.2 cm³/mol. The van der Waals surface area contributed by atoms with Crippen LogP contribution in [0.1, 0.15) is 45.5 Å². The van der Waals surface area contributed by atoms with Crippen LogP contribution in [0.5, 0.6) is 0 Å². The summed E-state index contributed by atoms with van der Waals surface area (Å²) in [6, 6.07) is 0. The molecule has 3 nitrogen and oxygen atoms in total. The highest BCUT2D eigenvalue weighted by Gasteiger charge is 2.23. The number of anilines is 1. The molecule has 0 aromatic carbocycles. The van der Waals surface area contributed by atoms with Crippen molar-refractivity contribution >= 4 is 16.5 Å². The monoisotopic (exact) mass is 239 g/mol. The molecule has 0 bridgehead atoms. The smallest absolute Gasteiger partial charge is 0.208 e. The summed E-state index contributed by atoms with van der Waals surface area (Å²) in [6.07, 6.45) is 2.63. The molecule has 4 heteroatoms. The molecule has 2 rings (SSSR count). The normalized spacial score (nSPS) is 22.5. The molecule has 0 N–H and O–H groups in total. The molecule has 90 valence electrons. The third kappa shape index (κ3) is 2.54. The fourth-order valence-corrected chi connectivity index (χ4v) is 2.95. The Bertz CT molecular complexity index is 353. The van der Waals surface area contributed by atoms with Crippen LogP contribution < -0.4 is 4.90 Å². The van der Waals surface area contributed by atoms with Gasteiger partial charge in [0.05, 0.1) is 0 Å². The number of nitrogens with zero attached hydrogens (tertiary/aromatic N) is 3. The molecule has 1 aliphatic heterocycles. The first-order valence-corrected chi connectivity index (χ1v) is 6.87. The summed E-state index contributed by atoms with van der Waals surface area (Å²) >= 11 is 1.75. The van der Waals surface area contributed by atoms with Crippen LogP contribution in [0.4, 0.5) is 5.13 Å². The number of rotatable bonds is 1. The molecule has 1 aliphatic rings. The van der Waals surface area contributed by atoms with Crippen LogP contribution in [0.15, 0.2) is 0 Å². The lowest BCUT2D eigenvalue weighted by Gasteiger charge is -2.30. The minimum atomic E-state index is 0.122. The van der Waals surface area contributed by atoms with Gasteiger partial charge in [-0.3, -0.25) is 0 Å². The Morgan fingerprint density at radius 2 is 2.06 bits per heavy atom. The van der Waals surface area contributed by atoms with Gasteiger partial charge in [0.2, 0.25) is 5.13 Å². The average molecular weight is 239 g/mol. The molecule has 1 aromatic heterocycles. The Balaban J connectivity index is 2.12. The molecule has 0 saturated carbocycles. The molecule has 1 saturated heterocycles. The van der Waals surface area contributed by atoms with Crippen LogP contribution in [0, 0.1) is 5.92 Å². The number of aromatic nitrogens is 2. The molecule has 1 aromatic rings. The van der Waals surface area contributed by atoms with Crippen molar-refractivity contribution in [3.05, 3.63) is 5.01 Å². The largest absolute Gasteiger partial charge is 0.346 e. The van der Waals surface area contributed by atoms with Gasteiger partial charge in [-0.05, 0) is 18.8 Å². The van der Waals surface area contributed by atoms with Gasteiger partial charge in [0.15, 0.2) is 0 Å². The summed E-state index contributed by atoms with van der Waals surface area (Å²) in [4.78, 5) is 2.39. The van der Waals surface area contributed by atoms with E-state index in [1.54, 1.807) is 11.3 Å². The number of hydrogen-bond donors (Lipinski definition) is 0. The molecule has 1 atom stereocenters. The van der Waals surface area contributed by atoms with Crippen LogP contribution in [-0.2, 0) is 5.41 Å². The number of hydrogen-bond acceptors (Lipinski definition) is 4. The summed E-state index contributed by atoms with van der Waals surface area (Å²) in [5, 5.41) is 10.9. The van der Waals surface area contributed by atoms with Gasteiger partial charge in [-0.25, -0.2) is 0 Å². The summed E-state index contributed by atoms with van der Waals surface area (Å²) in [5.74, 6) is 0.788. The highest BCUT2D eigenvalue weighted by molar-refractivity contribution is 7.15. The quantitative estimate of drug-likeness (QED) is 0.754. The maximum Gasteiger partial charge on any atom is 0.208 e. The van der Waals surface area contributed by atoms with Gasteiger partial charge in [0.25, 0.3) is 0 Å². The van der Waals surface area contributed by atoms with E-state index in [1.807, 2.05) is 0 Å². The zero-order valence-corrected chi connectivity index (χ0v) is 11.5. The van der Waals surface area contributed by atoms with Crippen molar-refractivity contribution in [1.29, 1.82) is 0 Å². The van der Waals surface area contributed by atoms with E-state index in [9.17, 15) is 0 Å². The zero-order chi connectivity index (χ0) is 11.8. The van der Waals surface area contributed by atoms with Crippen LogP contribution in [0.25, 0.3) is 0 Å². The summed E-state index contributed by atoms with van der Waals surface area (Å²) in [5.41, 5.74) is 0.122. The maximum absolute atomic E-state index is 4.34. The first-order chi connectivity index (χ1) is 7.47. The lowest BCUT2D eigenvalue weighted by Crippen LogP contribution is -2.34. The second-order valence-electron chi connectivity index (χ2n) is 5.83. The van der Waals surface area contributed by atoms with E-state index in [0.717, 1.165) is 29.1 Å². The minimum absolute atomic E-state index is 0.122. The van der Waals surface area contributed by atoms with E-state index in [2.05, 4.69) is 42.8 Å².